The van der Waals surface area contributed by atoms with Gasteiger partial charge in [0, 0.05) is 5.56 Å². The standard InChI is InChI=1S/C11H16N2O/c1-13(2,3)9-11(12-14)10-7-5-4-6-8-10/h4-8H,9H2,1-3H3/p+1/b12-11-. The highest BCUT2D eigenvalue weighted by Crippen LogP contribution is 2.04. The first-order chi connectivity index (χ1) is 6.53. The van der Waals surface area contributed by atoms with Crippen LogP contribution in [0.3, 0.4) is 0 Å². The van der Waals surface area contributed by atoms with E-state index in [1.807, 2.05) is 30.3 Å². The Hall–Kier alpha value is -1.35. The molecule has 1 aromatic carbocycles. The van der Waals surface area contributed by atoms with E-state index in [4.69, 9.17) is 5.21 Å². The molecular weight excluding hydrogens is 176 g/mol. The van der Waals surface area contributed by atoms with Gasteiger partial charge in [-0.05, 0) is 0 Å². The normalized spacial score (nSPS) is 12.9. The highest BCUT2D eigenvalue weighted by Gasteiger charge is 2.14. The molecule has 0 aromatic heterocycles. The Kier molecular flexibility index (Phi) is 3.25. The van der Waals surface area contributed by atoms with Crippen molar-refractivity contribution in [1.29, 1.82) is 0 Å². The summed E-state index contributed by atoms with van der Waals surface area (Å²) < 4.78 is 0.744. The smallest absolute Gasteiger partial charge is 0.141 e. The van der Waals surface area contributed by atoms with Gasteiger partial charge in [0.2, 0.25) is 0 Å². The Morgan fingerprint density at radius 1 is 1.21 bits per heavy atom. The fraction of sp³-hybridized carbons (Fsp3) is 0.364. The second-order valence-electron chi connectivity index (χ2n) is 4.36. The van der Waals surface area contributed by atoms with Crippen LogP contribution in [0.25, 0.3) is 0 Å². The topological polar surface area (TPSA) is 32.6 Å². The first-order valence-electron chi connectivity index (χ1n) is 4.60. The first-order valence-corrected chi connectivity index (χ1v) is 4.60. The van der Waals surface area contributed by atoms with Gasteiger partial charge in [0.15, 0.2) is 0 Å². The molecule has 0 unspecified atom stereocenters. The molecule has 0 saturated carbocycles. The summed E-state index contributed by atoms with van der Waals surface area (Å²) in [6, 6.07) is 9.73. The molecule has 0 radical (unpaired) electrons. The minimum atomic E-state index is 0.709. The summed E-state index contributed by atoms with van der Waals surface area (Å²) in [5, 5.41) is 12.3. The summed E-state index contributed by atoms with van der Waals surface area (Å²) in [5.74, 6) is 0. The maximum atomic E-state index is 8.92. The van der Waals surface area contributed by atoms with E-state index in [2.05, 4.69) is 26.3 Å². The van der Waals surface area contributed by atoms with Crippen LogP contribution >= 0.6 is 0 Å². The number of quaternary nitrogens is 1. The average molecular weight is 193 g/mol. The average Bonchev–Trinajstić information content (AvgIpc) is 2.14. The zero-order chi connectivity index (χ0) is 10.6. The second kappa shape index (κ2) is 4.24. The molecule has 76 valence electrons. The number of likely N-dealkylation sites (N-methyl/N-ethyl adjacent to an activating group) is 1. The van der Waals surface area contributed by atoms with Crippen molar-refractivity contribution in [2.24, 2.45) is 5.16 Å². The van der Waals surface area contributed by atoms with Crippen molar-refractivity contribution < 1.29 is 9.69 Å². The van der Waals surface area contributed by atoms with Crippen LogP contribution in [0.15, 0.2) is 35.5 Å². The number of hydrogen-bond donors (Lipinski definition) is 1. The third-order valence-corrected chi connectivity index (χ3v) is 1.85. The monoisotopic (exact) mass is 193 g/mol. The lowest BCUT2D eigenvalue weighted by Crippen LogP contribution is -2.39. The van der Waals surface area contributed by atoms with Gasteiger partial charge in [-0.1, -0.05) is 35.5 Å². The molecular formula is C11H17N2O+. The molecule has 3 heteroatoms. The zero-order valence-corrected chi connectivity index (χ0v) is 8.94. The van der Waals surface area contributed by atoms with Crippen LogP contribution in [-0.4, -0.2) is 43.1 Å². The molecule has 3 nitrogen and oxygen atoms in total. The van der Waals surface area contributed by atoms with Crippen molar-refractivity contribution in [3.05, 3.63) is 35.9 Å². The first kappa shape index (κ1) is 10.7. The minimum absolute atomic E-state index is 0.709. The highest BCUT2D eigenvalue weighted by atomic mass is 16.4. The van der Waals surface area contributed by atoms with Gasteiger partial charge in [0.25, 0.3) is 0 Å². The van der Waals surface area contributed by atoms with E-state index in [0.29, 0.717) is 6.54 Å². The van der Waals surface area contributed by atoms with Gasteiger partial charge in [-0.25, -0.2) is 0 Å². The molecule has 0 amide bonds. The van der Waals surface area contributed by atoms with E-state index in [1.54, 1.807) is 0 Å². The number of hydrogen-bond acceptors (Lipinski definition) is 2. The number of rotatable bonds is 3. The highest BCUT2D eigenvalue weighted by molar-refractivity contribution is 6.01. The van der Waals surface area contributed by atoms with E-state index < -0.39 is 0 Å². The fourth-order valence-electron chi connectivity index (χ4n) is 1.26. The van der Waals surface area contributed by atoms with Crippen LogP contribution in [-0.2, 0) is 0 Å². The lowest BCUT2D eigenvalue weighted by molar-refractivity contribution is -0.860. The Bertz CT molecular complexity index is 312. The van der Waals surface area contributed by atoms with Crippen LogP contribution in [0, 0.1) is 0 Å². The molecule has 0 heterocycles. The van der Waals surface area contributed by atoms with Crippen LogP contribution in [0.2, 0.25) is 0 Å². The maximum absolute atomic E-state index is 8.92. The Balaban J connectivity index is 2.85. The van der Waals surface area contributed by atoms with Gasteiger partial charge in [-0.3, -0.25) is 0 Å². The number of oxime groups is 1. The van der Waals surface area contributed by atoms with Gasteiger partial charge in [-0.2, -0.15) is 0 Å². The van der Waals surface area contributed by atoms with Gasteiger partial charge in [-0.15, -0.1) is 0 Å². The Morgan fingerprint density at radius 2 is 1.79 bits per heavy atom. The molecule has 0 atom stereocenters. The largest absolute Gasteiger partial charge is 0.410 e. The summed E-state index contributed by atoms with van der Waals surface area (Å²) in [7, 11) is 6.19. The Morgan fingerprint density at radius 3 is 2.21 bits per heavy atom. The van der Waals surface area contributed by atoms with E-state index in [0.717, 1.165) is 15.8 Å². The van der Waals surface area contributed by atoms with Gasteiger partial charge in [0.05, 0.1) is 21.1 Å². The van der Waals surface area contributed by atoms with Gasteiger partial charge >= 0.3 is 0 Å². The fourth-order valence-corrected chi connectivity index (χ4v) is 1.26. The van der Waals surface area contributed by atoms with Gasteiger partial charge in [0.1, 0.15) is 12.3 Å². The molecule has 0 aliphatic heterocycles. The Labute approximate surface area is 84.9 Å². The molecule has 14 heavy (non-hydrogen) atoms. The predicted molar refractivity (Wildman–Crippen MR) is 57.7 cm³/mol. The van der Waals surface area contributed by atoms with E-state index in [1.165, 1.54) is 0 Å². The summed E-state index contributed by atoms with van der Waals surface area (Å²) in [5.41, 5.74) is 1.70. The van der Waals surface area contributed by atoms with Gasteiger partial charge < -0.3 is 9.69 Å². The SMILES string of the molecule is C[N+](C)(C)C/C(=N/O)c1ccccc1. The summed E-state index contributed by atoms with van der Waals surface area (Å²) in [4.78, 5) is 0. The molecule has 0 saturated heterocycles. The zero-order valence-electron chi connectivity index (χ0n) is 8.94. The van der Waals surface area contributed by atoms with Crippen LogP contribution in [0.5, 0.6) is 0 Å². The molecule has 1 N–H and O–H groups in total. The predicted octanol–water partition coefficient (Wildman–Crippen LogP) is 1.57. The molecule has 0 bridgehead atoms. The third-order valence-electron chi connectivity index (χ3n) is 1.85. The molecule has 0 aliphatic rings. The summed E-state index contributed by atoms with van der Waals surface area (Å²) in [6.07, 6.45) is 0. The van der Waals surface area contributed by atoms with E-state index >= 15 is 0 Å². The maximum Gasteiger partial charge on any atom is 0.141 e. The van der Waals surface area contributed by atoms with E-state index in [-0.39, 0.29) is 0 Å². The van der Waals surface area contributed by atoms with Crippen molar-refractivity contribution >= 4 is 5.71 Å². The third kappa shape index (κ3) is 3.18. The van der Waals surface area contributed by atoms with Crippen molar-refractivity contribution in [2.75, 3.05) is 27.7 Å². The minimum Gasteiger partial charge on any atom is -0.410 e. The number of nitrogens with zero attached hydrogens (tertiary/aromatic N) is 2. The molecule has 0 spiro atoms. The van der Waals surface area contributed by atoms with Crippen molar-refractivity contribution in [3.63, 3.8) is 0 Å². The van der Waals surface area contributed by atoms with Crippen LogP contribution in [0.4, 0.5) is 0 Å². The summed E-state index contributed by atoms with van der Waals surface area (Å²) >= 11 is 0. The quantitative estimate of drug-likeness (QED) is 0.336. The van der Waals surface area contributed by atoms with Crippen molar-refractivity contribution in [3.8, 4) is 0 Å². The van der Waals surface area contributed by atoms with Crippen LogP contribution in [0.1, 0.15) is 5.56 Å². The van der Waals surface area contributed by atoms with Crippen LogP contribution < -0.4 is 0 Å². The lowest BCUT2D eigenvalue weighted by Gasteiger charge is -2.24. The molecule has 0 aliphatic carbocycles. The second-order valence-corrected chi connectivity index (χ2v) is 4.36. The molecule has 1 aromatic rings. The van der Waals surface area contributed by atoms with Crippen molar-refractivity contribution in [1.82, 2.24) is 0 Å². The van der Waals surface area contributed by atoms with Crippen molar-refractivity contribution in [2.45, 2.75) is 0 Å². The van der Waals surface area contributed by atoms with E-state index in [9.17, 15) is 0 Å². The number of benzene rings is 1. The lowest BCUT2D eigenvalue weighted by atomic mass is 10.1. The summed E-state index contributed by atoms with van der Waals surface area (Å²) in [6.45, 7) is 0.709. The molecule has 0 fully saturated rings. The molecule has 1 rings (SSSR count).